The Kier molecular flexibility index (Phi) is 9.27. The lowest BCUT2D eigenvalue weighted by Crippen LogP contribution is -2.24. The fourth-order valence-corrected chi connectivity index (χ4v) is 3.00. The van der Waals surface area contributed by atoms with Crippen LogP contribution in [-0.4, -0.2) is 20.6 Å². The maximum absolute atomic E-state index is 4.27. The van der Waals surface area contributed by atoms with Gasteiger partial charge in [-0.1, -0.05) is 90.2 Å². The Morgan fingerprint density at radius 1 is 0.810 bits per heavy atom. The Morgan fingerprint density at radius 2 is 1.33 bits per heavy atom. The largest absolute Gasteiger partial charge is 0.180 e. The van der Waals surface area contributed by atoms with Crippen LogP contribution in [0.15, 0.2) is 0 Å². The van der Waals surface area contributed by atoms with Crippen LogP contribution in [0.4, 0.5) is 0 Å². The normalized spacial score (nSPS) is 12.0. The number of aromatic amines is 1. The van der Waals surface area contributed by atoms with Gasteiger partial charge in [-0.05, 0) is 12.8 Å². The molecule has 1 rings (SSSR count). The molecule has 1 heterocycles. The monoisotopic (exact) mass is 294 g/mol. The minimum atomic E-state index is 0.103. The van der Waals surface area contributed by atoms with Crippen molar-refractivity contribution in [3.8, 4) is 0 Å². The number of tetrazole rings is 1. The molecule has 0 saturated heterocycles. The maximum atomic E-state index is 4.27. The molecule has 4 heteroatoms. The molecule has 0 unspecified atom stereocenters. The van der Waals surface area contributed by atoms with Gasteiger partial charge in [0.15, 0.2) is 5.82 Å². The third kappa shape index (κ3) is 7.05. The summed E-state index contributed by atoms with van der Waals surface area (Å²) >= 11 is 0. The molecule has 122 valence electrons. The molecule has 0 radical (unpaired) electrons. The number of rotatable bonds is 13. The average Bonchev–Trinajstić information content (AvgIpc) is 3.02. The van der Waals surface area contributed by atoms with E-state index in [0.717, 1.165) is 5.82 Å². The highest BCUT2D eigenvalue weighted by Gasteiger charge is 2.29. The number of H-pyrrole nitrogens is 1. The van der Waals surface area contributed by atoms with Crippen molar-refractivity contribution in [2.75, 3.05) is 0 Å². The lowest BCUT2D eigenvalue weighted by molar-refractivity contribution is 0.345. The second-order valence-corrected chi connectivity index (χ2v) is 6.62. The van der Waals surface area contributed by atoms with Crippen molar-refractivity contribution in [1.82, 2.24) is 20.6 Å². The number of hydrogen-bond donors (Lipinski definition) is 1. The quantitative estimate of drug-likeness (QED) is 0.510. The third-order valence-corrected chi connectivity index (χ3v) is 4.55. The highest BCUT2D eigenvalue weighted by molar-refractivity contribution is 5.02. The van der Waals surface area contributed by atoms with Gasteiger partial charge in [-0.2, -0.15) is 5.21 Å². The van der Waals surface area contributed by atoms with Crippen LogP contribution < -0.4 is 0 Å². The van der Waals surface area contributed by atoms with Gasteiger partial charge in [0.1, 0.15) is 0 Å². The Labute approximate surface area is 130 Å². The summed E-state index contributed by atoms with van der Waals surface area (Å²) in [5, 5.41) is 14.9. The summed E-state index contributed by atoms with van der Waals surface area (Å²) in [5.41, 5.74) is 0.103. The molecule has 21 heavy (non-hydrogen) atoms. The van der Waals surface area contributed by atoms with Gasteiger partial charge in [-0.15, -0.1) is 10.2 Å². The van der Waals surface area contributed by atoms with Crippen molar-refractivity contribution in [3.05, 3.63) is 5.82 Å². The molecule has 1 aromatic rings. The molecule has 0 spiro atoms. The fraction of sp³-hybridized carbons (Fsp3) is 0.941. The van der Waals surface area contributed by atoms with E-state index in [1.54, 1.807) is 0 Å². The third-order valence-electron chi connectivity index (χ3n) is 4.55. The first kappa shape index (κ1) is 18.1. The number of unbranched alkanes of at least 4 members (excludes halogenated alkanes) is 8. The van der Waals surface area contributed by atoms with Gasteiger partial charge in [0, 0.05) is 5.41 Å². The van der Waals surface area contributed by atoms with Gasteiger partial charge < -0.3 is 0 Å². The Bertz CT molecular complexity index is 321. The van der Waals surface area contributed by atoms with Crippen LogP contribution in [-0.2, 0) is 5.41 Å². The standard InChI is InChI=1S/C17H34N4/c1-4-6-8-10-12-14-17(3,16-18-20-21-19-16)15-13-11-9-7-5-2/h4-15H2,1-3H3,(H,18,19,20,21). The van der Waals surface area contributed by atoms with Crippen molar-refractivity contribution in [2.45, 2.75) is 103 Å². The molecule has 0 aliphatic carbocycles. The van der Waals surface area contributed by atoms with Crippen LogP contribution in [0.2, 0.25) is 0 Å². The zero-order valence-electron chi connectivity index (χ0n) is 14.3. The summed E-state index contributed by atoms with van der Waals surface area (Å²) in [6, 6.07) is 0. The minimum Gasteiger partial charge on any atom is -0.177 e. The SMILES string of the molecule is CCCCCCCC(C)(CCCCCCC)c1nn[nH]n1. The molecular weight excluding hydrogens is 260 g/mol. The van der Waals surface area contributed by atoms with E-state index in [2.05, 4.69) is 41.4 Å². The van der Waals surface area contributed by atoms with Crippen molar-refractivity contribution < 1.29 is 0 Å². The average molecular weight is 294 g/mol. The molecule has 1 N–H and O–H groups in total. The number of nitrogens with zero attached hydrogens (tertiary/aromatic N) is 3. The number of aromatic nitrogens is 4. The molecule has 4 nitrogen and oxygen atoms in total. The van der Waals surface area contributed by atoms with Crippen LogP contribution >= 0.6 is 0 Å². The molecule has 0 atom stereocenters. The Hall–Kier alpha value is -0.930. The Balaban J connectivity index is 2.39. The molecule has 0 aliphatic rings. The topological polar surface area (TPSA) is 54.5 Å². The first-order valence-electron chi connectivity index (χ1n) is 8.97. The zero-order valence-corrected chi connectivity index (χ0v) is 14.3. The summed E-state index contributed by atoms with van der Waals surface area (Å²) < 4.78 is 0. The Morgan fingerprint density at radius 3 is 1.76 bits per heavy atom. The highest BCUT2D eigenvalue weighted by atomic mass is 15.5. The van der Waals surface area contributed by atoms with Crippen LogP contribution in [0.3, 0.4) is 0 Å². The minimum absolute atomic E-state index is 0.103. The van der Waals surface area contributed by atoms with E-state index in [4.69, 9.17) is 0 Å². The van der Waals surface area contributed by atoms with Gasteiger partial charge in [-0.3, -0.25) is 0 Å². The smallest absolute Gasteiger partial charge is 0.177 e. The summed E-state index contributed by atoms with van der Waals surface area (Å²) in [7, 11) is 0. The predicted octanol–water partition coefficient (Wildman–Crippen LogP) is 5.18. The van der Waals surface area contributed by atoms with E-state index in [-0.39, 0.29) is 5.41 Å². The van der Waals surface area contributed by atoms with E-state index in [1.165, 1.54) is 77.0 Å². The van der Waals surface area contributed by atoms with E-state index >= 15 is 0 Å². The zero-order chi connectivity index (χ0) is 15.4. The van der Waals surface area contributed by atoms with Crippen LogP contribution in [0, 0.1) is 0 Å². The summed E-state index contributed by atoms with van der Waals surface area (Å²) in [6.07, 6.45) is 15.6. The molecule has 0 aliphatic heterocycles. The van der Waals surface area contributed by atoms with Gasteiger partial charge >= 0.3 is 0 Å². The molecule has 1 aromatic heterocycles. The first-order valence-corrected chi connectivity index (χ1v) is 8.97. The van der Waals surface area contributed by atoms with Crippen molar-refractivity contribution in [2.24, 2.45) is 0 Å². The van der Waals surface area contributed by atoms with Gasteiger partial charge in [0.2, 0.25) is 0 Å². The van der Waals surface area contributed by atoms with Crippen molar-refractivity contribution >= 4 is 0 Å². The van der Waals surface area contributed by atoms with Crippen LogP contribution in [0.1, 0.15) is 104 Å². The summed E-state index contributed by atoms with van der Waals surface area (Å²) in [5.74, 6) is 0.911. The maximum Gasteiger partial charge on any atom is 0.180 e. The second kappa shape index (κ2) is 10.7. The van der Waals surface area contributed by atoms with Gasteiger partial charge in [-0.25, -0.2) is 0 Å². The van der Waals surface area contributed by atoms with E-state index in [9.17, 15) is 0 Å². The highest BCUT2D eigenvalue weighted by Crippen LogP contribution is 2.32. The lowest BCUT2D eigenvalue weighted by Gasteiger charge is -2.26. The molecular formula is C17H34N4. The summed E-state index contributed by atoms with van der Waals surface area (Å²) in [6.45, 7) is 6.84. The predicted molar refractivity (Wildman–Crippen MR) is 88.3 cm³/mol. The van der Waals surface area contributed by atoms with E-state index in [0.29, 0.717) is 0 Å². The number of hydrogen-bond acceptors (Lipinski definition) is 3. The van der Waals surface area contributed by atoms with Crippen LogP contribution in [0.25, 0.3) is 0 Å². The lowest BCUT2D eigenvalue weighted by atomic mass is 9.79. The molecule has 0 aromatic carbocycles. The van der Waals surface area contributed by atoms with Gasteiger partial charge in [0.05, 0.1) is 0 Å². The molecule has 0 saturated carbocycles. The van der Waals surface area contributed by atoms with Crippen LogP contribution in [0.5, 0.6) is 0 Å². The van der Waals surface area contributed by atoms with E-state index in [1.807, 2.05) is 0 Å². The van der Waals surface area contributed by atoms with Crippen molar-refractivity contribution in [3.63, 3.8) is 0 Å². The molecule has 0 bridgehead atoms. The fourth-order valence-electron chi connectivity index (χ4n) is 3.00. The van der Waals surface area contributed by atoms with Gasteiger partial charge in [0.25, 0.3) is 0 Å². The second-order valence-electron chi connectivity index (χ2n) is 6.62. The van der Waals surface area contributed by atoms with Crippen molar-refractivity contribution in [1.29, 1.82) is 0 Å². The summed E-state index contributed by atoms with van der Waals surface area (Å²) in [4.78, 5) is 0. The molecule has 0 amide bonds. The number of nitrogens with one attached hydrogen (secondary N) is 1. The molecule has 0 fully saturated rings. The first-order chi connectivity index (χ1) is 10.2. The van der Waals surface area contributed by atoms with E-state index < -0.39 is 0 Å².